The Kier molecular flexibility index (Phi) is 9.74. The zero-order chi connectivity index (χ0) is 13.3. The molecule has 0 atom stereocenters. The number of likely N-dealkylation sites (N-methyl/N-ethyl adjacent to an activating group) is 4. The van der Waals surface area contributed by atoms with Gasteiger partial charge in [-0.2, -0.15) is 0 Å². The van der Waals surface area contributed by atoms with Crippen molar-refractivity contribution in [2.45, 2.75) is 0 Å². The molecule has 0 aromatic rings. The standard InChI is InChI=1S/C13H31N4/c1-7-15(4)10-11-17(6)13-12-16(5)9-8-14(2)3/h1,7-13H2,2-6H3. The molecule has 0 aliphatic carbocycles. The van der Waals surface area contributed by atoms with Crippen LogP contribution >= 0.6 is 0 Å². The van der Waals surface area contributed by atoms with Gasteiger partial charge in [-0.3, -0.25) is 0 Å². The molecule has 0 aliphatic heterocycles. The molecule has 0 heterocycles. The van der Waals surface area contributed by atoms with Gasteiger partial charge in [-0.1, -0.05) is 0 Å². The zero-order valence-corrected chi connectivity index (χ0v) is 12.4. The van der Waals surface area contributed by atoms with Crippen molar-refractivity contribution in [3.05, 3.63) is 6.92 Å². The van der Waals surface area contributed by atoms with Crippen molar-refractivity contribution in [3.8, 4) is 0 Å². The van der Waals surface area contributed by atoms with Crippen molar-refractivity contribution in [1.82, 2.24) is 19.6 Å². The van der Waals surface area contributed by atoms with Gasteiger partial charge in [-0.15, -0.1) is 0 Å². The lowest BCUT2D eigenvalue weighted by Crippen LogP contribution is -2.37. The van der Waals surface area contributed by atoms with E-state index >= 15 is 0 Å². The van der Waals surface area contributed by atoms with E-state index in [-0.39, 0.29) is 0 Å². The molecular weight excluding hydrogens is 212 g/mol. The van der Waals surface area contributed by atoms with Gasteiger partial charge in [0.1, 0.15) is 0 Å². The Hall–Kier alpha value is -0.160. The third kappa shape index (κ3) is 10.7. The summed E-state index contributed by atoms with van der Waals surface area (Å²) in [5.41, 5.74) is 0. The van der Waals surface area contributed by atoms with Crippen LogP contribution in [-0.2, 0) is 0 Å². The highest BCUT2D eigenvalue weighted by atomic mass is 15.2. The maximum atomic E-state index is 3.87. The van der Waals surface area contributed by atoms with Crippen molar-refractivity contribution in [2.75, 3.05) is 81.1 Å². The van der Waals surface area contributed by atoms with Gasteiger partial charge in [0.2, 0.25) is 0 Å². The summed E-state index contributed by atoms with van der Waals surface area (Å²) in [6.45, 7) is 11.5. The highest BCUT2D eigenvalue weighted by Crippen LogP contribution is 1.89. The Morgan fingerprint density at radius 2 is 0.941 bits per heavy atom. The summed E-state index contributed by atoms with van der Waals surface area (Å²) in [4.78, 5) is 9.25. The minimum atomic E-state index is 0.885. The molecular formula is C13H31N4. The maximum absolute atomic E-state index is 3.87. The van der Waals surface area contributed by atoms with Crippen LogP contribution in [0.15, 0.2) is 0 Å². The Bertz CT molecular complexity index is 173. The van der Waals surface area contributed by atoms with Crippen LogP contribution in [0.2, 0.25) is 0 Å². The van der Waals surface area contributed by atoms with Gasteiger partial charge in [-0.25, -0.2) is 0 Å². The van der Waals surface area contributed by atoms with Crippen LogP contribution in [-0.4, -0.2) is 101 Å². The Balaban J connectivity index is 3.51. The molecule has 0 amide bonds. The number of hydrogen-bond acceptors (Lipinski definition) is 4. The van der Waals surface area contributed by atoms with Crippen LogP contribution in [0.25, 0.3) is 0 Å². The van der Waals surface area contributed by atoms with Crippen LogP contribution in [0.3, 0.4) is 0 Å². The van der Waals surface area contributed by atoms with Gasteiger partial charge < -0.3 is 19.6 Å². The maximum Gasteiger partial charge on any atom is 0.0107 e. The predicted octanol–water partition coefficient (Wildman–Crippen LogP) is 0.177. The number of nitrogens with zero attached hydrogens (tertiary/aromatic N) is 4. The van der Waals surface area contributed by atoms with E-state index < -0.39 is 0 Å². The van der Waals surface area contributed by atoms with E-state index in [1.807, 2.05) is 0 Å². The lowest BCUT2D eigenvalue weighted by molar-refractivity contribution is 0.221. The molecule has 0 saturated heterocycles. The van der Waals surface area contributed by atoms with Gasteiger partial charge in [0.05, 0.1) is 0 Å². The zero-order valence-electron chi connectivity index (χ0n) is 12.4. The summed E-state index contributed by atoms with van der Waals surface area (Å²) in [5, 5.41) is 0. The summed E-state index contributed by atoms with van der Waals surface area (Å²) in [5.74, 6) is 0. The molecule has 1 radical (unpaired) electrons. The van der Waals surface area contributed by atoms with E-state index in [4.69, 9.17) is 0 Å². The van der Waals surface area contributed by atoms with Crippen molar-refractivity contribution in [2.24, 2.45) is 0 Å². The van der Waals surface area contributed by atoms with E-state index in [2.05, 4.69) is 61.8 Å². The third-order valence-electron chi connectivity index (χ3n) is 3.04. The lowest BCUT2D eigenvalue weighted by Gasteiger charge is -2.24. The summed E-state index contributed by atoms with van der Waals surface area (Å²) >= 11 is 0. The van der Waals surface area contributed by atoms with Crippen LogP contribution in [0, 0.1) is 6.92 Å². The number of hydrogen-bond donors (Lipinski definition) is 0. The normalized spacial score (nSPS) is 12.4. The summed E-state index contributed by atoms with van der Waals surface area (Å²) in [6, 6.07) is 0. The van der Waals surface area contributed by atoms with Gasteiger partial charge in [-0.05, 0) is 48.7 Å². The van der Waals surface area contributed by atoms with Gasteiger partial charge >= 0.3 is 0 Å². The minimum Gasteiger partial charge on any atom is -0.308 e. The molecule has 0 unspecified atom stereocenters. The van der Waals surface area contributed by atoms with Crippen molar-refractivity contribution in [3.63, 3.8) is 0 Å². The quantitative estimate of drug-likeness (QED) is 0.542. The topological polar surface area (TPSA) is 13.0 Å². The second-order valence-electron chi connectivity index (χ2n) is 5.21. The SMILES string of the molecule is [CH2]CN(C)CCN(C)CCN(C)CCN(C)C. The van der Waals surface area contributed by atoms with Crippen molar-refractivity contribution in [1.29, 1.82) is 0 Å². The fraction of sp³-hybridized carbons (Fsp3) is 0.923. The van der Waals surface area contributed by atoms with Gasteiger partial charge in [0, 0.05) is 39.3 Å². The van der Waals surface area contributed by atoms with E-state index in [9.17, 15) is 0 Å². The molecule has 0 bridgehead atoms. The molecule has 17 heavy (non-hydrogen) atoms. The molecule has 0 fully saturated rings. The second-order valence-corrected chi connectivity index (χ2v) is 5.21. The van der Waals surface area contributed by atoms with E-state index in [0.717, 1.165) is 45.8 Å². The highest BCUT2D eigenvalue weighted by molar-refractivity contribution is 4.61. The first kappa shape index (κ1) is 16.8. The molecule has 0 saturated carbocycles. The average Bonchev–Trinajstić information content (AvgIpc) is 2.30. The average molecular weight is 243 g/mol. The number of rotatable bonds is 10. The first-order valence-electron chi connectivity index (χ1n) is 6.45. The smallest absolute Gasteiger partial charge is 0.0107 e. The fourth-order valence-electron chi connectivity index (χ4n) is 1.39. The molecule has 0 rings (SSSR count). The van der Waals surface area contributed by atoms with Crippen molar-refractivity contribution >= 4 is 0 Å². The molecule has 4 heteroatoms. The van der Waals surface area contributed by atoms with Crippen LogP contribution in [0.5, 0.6) is 0 Å². The third-order valence-corrected chi connectivity index (χ3v) is 3.04. The lowest BCUT2D eigenvalue weighted by atomic mass is 10.4. The first-order valence-corrected chi connectivity index (χ1v) is 6.45. The second kappa shape index (κ2) is 9.83. The molecule has 0 spiro atoms. The monoisotopic (exact) mass is 243 g/mol. The fourth-order valence-corrected chi connectivity index (χ4v) is 1.39. The van der Waals surface area contributed by atoms with E-state index in [0.29, 0.717) is 0 Å². The van der Waals surface area contributed by atoms with E-state index in [1.54, 1.807) is 0 Å². The van der Waals surface area contributed by atoms with Gasteiger partial charge in [0.15, 0.2) is 0 Å². The van der Waals surface area contributed by atoms with Crippen LogP contribution in [0.4, 0.5) is 0 Å². The Morgan fingerprint density at radius 1 is 0.588 bits per heavy atom. The van der Waals surface area contributed by atoms with Crippen LogP contribution < -0.4 is 0 Å². The Morgan fingerprint density at radius 3 is 1.29 bits per heavy atom. The predicted molar refractivity (Wildman–Crippen MR) is 76.4 cm³/mol. The summed E-state index contributed by atoms with van der Waals surface area (Å²) in [7, 11) is 10.7. The molecule has 0 aliphatic rings. The van der Waals surface area contributed by atoms with Crippen molar-refractivity contribution < 1.29 is 0 Å². The first-order chi connectivity index (χ1) is 7.95. The van der Waals surface area contributed by atoms with Crippen LogP contribution in [0.1, 0.15) is 0 Å². The minimum absolute atomic E-state index is 0.885. The van der Waals surface area contributed by atoms with Gasteiger partial charge in [0.25, 0.3) is 0 Å². The molecule has 4 nitrogen and oxygen atoms in total. The Labute approximate surface area is 108 Å². The summed E-state index contributed by atoms with van der Waals surface area (Å²) in [6.07, 6.45) is 0. The largest absolute Gasteiger partial charge is 0.308 e. The summed E-state index contributed by atoms with van der Waals surface area (Å²) < 4.78 is 0. The van der Waals surface area contributed by atoms with E-state index in [1.165, 1.54) is 0 Å². The highest BCUT2D eigenvalue weighted by Gasteiger charge is 2.03. The molecule has 0 N–H and O–H groups in total. The molecule has 0 aromatic heterocycles. The molecule has 0 aromatic carbocycles. The molecule has 103 valence electrons.